The molecule has 0 amide bonds. The van der Waals surface area contributed by atoms with E-state index in [1.54, 1.807) is 7.11 Å². The third-order valence-corrected chi connectivity index (χ3v) is 6.02. The zero-order valence-electron chi connectivity index (χ0n) is 16.7. The number of H-pyrrole nitrogens is 1. The lowest BCUT2D eigenvalue weighted by molar-refractivity contribution is 0.417. The van der Waals surface area contributed by atoms with Crippen molar-refractivity contribution in [3.63, 3.8) is 0 Å². The van der Waals surface area contributed by atoms with Crippen LogP contribution in [-0.2, 0) is 6.54 Å². The van der Waals surface area contributed by atoms with Gasteiger partial charge in [0.2, 0.25) is 0 Å². The first-order valence-electron chi connectivity index (χ1n) is 9.93. The fraction of sp³-hybridized carbons (Fsp3) is 0.273. The highest BCUT2D eigenvalue weighted by Crippen LogP contribution is 2.47. The van der Waals surface area contributed by atoms with Crippen molar-refractivity contribution < 1.29 is 14.9 Å². The predicted octanol–water partition coefficient (Wildman–Crippen LogP) is 4.87. The molecule has 0 atom stereocenters. The van der Waals surface area contributed by atoms with Crippen LogP contribution in [0.5, 0.6) is 17.2 Å². The molecule has 0 unspecified atom stereocenters. The van der Waals surface area contributed by atoms with Crippen molar-refractivity contribution in [2.75, 3.05) is 7.11 Å². The molecular weight excluding hydrogens is 400 g/mol. The van der Waals surface area contributed by atoms with E-state index in [1.165, 1.54) is 6.07 Å². The fourth-order valence-corrected chi connectivity index (χ4v) is 4.33. The van der Waals surface area contributed by atoms with Crippen molar-refractivity contribution in [1.82, 2.24) is 19.3 Å². The van der Waals surface area contributed by atoms with Gasteiger partial charge in [-0.25, -0.2) is 0 Å². The third-order valence-electron chi connectivity index (χ3n) is 5.74. The molecule has 0 spiro atoms. The van der Waals surface area contributed by atoms with Crippen LogP contribution < -0.4 is 4.74 Å². The van der Waals surface area contributed by atoms with Gasteiger partial charge >= 0.3 is 0 Å². The number of aromatic nitrogens is 4. The van der Waals surface area contributed by atoms with Gasteiger partial charge < -0.3 is 19.5 Å². The van der Waals surface area contributed by atoms with Crippen LogP contribution in [0.2, 0.25) is 0 Å². The highest BCUT2D eigenvalue weighted by atomic mass is 32.1. The largest absolute Gasteiger partial charge is 0.508 e. The number of benzene rings is 2. The van der Waals surface area contributed by atoms with Gasteiger partial charge in [-0.15, -0.1) is 0 Å². The van der Waals surface area contributed by atoms with E-state index in [2.05, 4.69) is 21.7 Å². The van der Waals surface area contributed by atoms with Crippen molar-refractivity contribution in [1.29, 1.82) is 0 Å². The second-order valence-corrected chi connectivity index (χ2v) is 7.93. The van der Waals surface area contributed by atoms with E-state index >= 15 is 0 Å². The van der Waals surface area contributed by atoms with Crippen LogP contribution in [0.4, 0.5) is 0 Å². The minimum Gasteiger partial charge on any atom is -0.508 e. The molecule has 0 bridgehead atoms. The summed E-state index contributed by atoms with van der Waals surface area (Å²) in [5.41, 5.74) is 3.17. The van der Waals surface area contributed by atoms with Gasteiger partial charge in [-0.05, 0) is 67.7 Å². The van der Waals surface area contributed by atoms with Crippen molar-refractivity contribution in [2.24, 2.45) is 0 Å². The van der Waals surface area contributed by atoms with Gasteiger partial charge in [0.15, 0.2) is 10.6 Å². The molecule has 0 aliphatic heterocycles. The highest BCUT2D eigenvalue weighted by Gasteiger charge is 2.29. The summed E-state index contributed by atoms with van der Waals surface area (Å²) in [7, 11) is 1.66. The van der Waals surface area contributed by atoms with E-state index in [9.17, 15) is 10.2 Å². The number of ether oxygens (including phenoxy) is 1. The Bertz CT molecular complexity index is 1330. The van der Waals surface area contributed by atoms with Gasteiger partial charge in [0.1, 0.15) is 17.2 Å². The highest BCUT2D eigenvalue weighted by molar-refractivity contribution is 7.71. The number of aromatic amines is 1. The first-order chi connectivity index (χ1) is 14.5. The molecule has 2 heterocycles. The van der Waals surface area contributed by atoms with Crippen LogP contribution in [0, 0.1) is 4.77 Å². The summed E-state index contributed by atoms with van der Waals surface area (Å²) in [5, 5.41) is 29.1. The Morgan fingerprint density at radius 3 is 2.70 bits per heavy atom. The number of phenols is 2. The van der Waals surface area contributed by atoms with Gasteiger partial charge in [-0.3, -0.25) is 9.67 Å². The molecule has 4 aromatic rings. The summed E-state index contributed by atoms with van der Waals surface area (Å²) in [4.78, 5) is 0. The van der Waals surface area contributed by atoms with E-state index < -0.39 is 0 Å². The van der Waals surface area contributed by atoms with E-state index in [0.717, 1.165) is 47.3 Å². The number of aryl methyl sites for hydroxylation is 1. The molecule has 1 aliphatic carbocycles. The SMILES string of the molecule is CCn1ccc2c(-n3c(-c4cc(C5CC5)c(O)cc4O)n[nH]c3=S)ccc(OC)c21. The quantitative estimate of drug-likeness (QED) is 0.400. The van der Waals surface area contributed by atoms with Crippen LogP contribution in [0.3, 0.4) is 0 Å². The average Bonchev–Trinajstić information content (AvgIpc) is 3.37. The maximum atomic E-state index is 10.6. The smallest absolute Gasteiger partial charge is 0.200 e. The second kappa shape index (κ2) is 6.91. The molecule has 5 rings (SSSR count). The standard InChI is InChI=1S/C22H22N4O3S/c1-3-25-9-8-13-16(6-7-19(29-2)20(13)25)26-21(23-24-22(26)30)15-10-14(12-4-5-12)17(27)11-18(15)28/h6-12,27-28H,3-5H2,1-2H3,(H,24,30). The van der Waals surface area contributed by atoms with Gasteiger partial charge in [-0.1, -0.05) is 0 Å². The molecule has 3 N–H and O–H groups in total. The number of hydrogen-bond acceptors (Lipinski definition) is 5. The maximum Gasteiger partial charge on any atom is 0.200 e. The normalized spacial score (nSPS) is 13.8. The van der Waals surface area contributed by atoms with Crippen molar-refractivity contribution in [2.45, 2.75) is 32.2 Å². The zero-order valence-corrected chi connectivity index (χ0v) is 17.5. The summed E-state index contributed by atoms with van der Waals surface area (Å²) in [6.07, 6.45) is 4.09. The molecule has 0 radical (unpaired) electrons. The van der Waals surface area contributed by atoms with Gasteiger partial charge in [0.25, 0.3) is 0 Å². The molecule has 0 saturated heterocycles. The molecule has 8 heteroatoms. The van der Waals surface area contributed by atoms with E-state index in [-0.39, 0.29) is 11.5 Å². The molecule has 1 saturated carbocycles. The monoisotopic (exact) mass is 422 g/mol. The van der Waals surface area contributed by atoms with Crippen LogP contribution >= 0.6 is 12.2 Å². The summed E-state index contributed by atoms with van der Waals surface area (Å²) in [6.45, 7) is 2.88. The number of methoxy groups -OCH3 is 1. The van der Waals surface area contributed by atoms with Crippen LogP contribution in [0.25, 0.3) is 28.0 Å². The van der Waals surface area contributed by atoms with Crippen LogP contribution in [0.1, 0.15) is 31.2 Å². The Balaban J connectivity index is 1.77. The lowest BCUT2D eigenvalue weighted by atomic mass is 10.0. The first kappa shape index (κ1) is 18.7. The predicted molar refractivity (Wildman–Crippen MR) is 117 cm³/mol. The summed E-state index contributed by atoms with van der Waals surface area (Å²) < 4.78 is 9.93. The Hall–Kier alpha value is -3.26. The van der Waals surface area contributed by atoms with Crippen molar-refractivity contribution in [3.05, 3.63) is 46.9 Å². The molecule has 30 heavy (non-hydrogen) atoms. The summed E-state index contributed by atoms with van der Waals surface area (Å²) in [5.74, 6) is 1.68. The molecule has 1 aliphatic rings. The van der Waals surface area contributed by atoms with Gasteiger partial charge in [0.05, 0.1) is 23.9 Å². The number of hydrogen-bond donors (Lipinski definition) is 3. The lowest BCUT2D eigenvalue weighted by Crippen LogP contribution is -2.01. The number of fused-ring (bicyclic) bond motifs is 1. The molecule has 7 nitrogen and oxygen atoms in total. The number of aromatic hydroxyl groups is 2. The van der Waals surface area contributed by atoms with Crippen LogP contribution in [-0.4, -0.2) is 36.7 Å². The van der Waals surface area contributed by atoms with E-state index in [1.807, 2.05) is 35.0 Å². The Morgan fingerprint density at radius 1 is 1.20 bits per heavy atom. The van der Waals surface area contributed by atoms with Crippen LogP contribution in [0.15, 0.2) is 36.5 Å². The van der Waals surface area contributed by atoms with Crippen molar-refractivity contribution in [3.8, 4) is 34.3 Å². The van der Waals surface area contributed by atoms with Gasteiger partial charge in [0, 0.05) is 24.2 Å². The molecule has 1 fully saturated rings. The van der Waals surface area contributed by atoms with Crippen molar-refractivity contribution >= 4 is 23.1 Å². The summed E-state index contributed by atoms with van der Waals surface area (Å²) in [6, 6.07) is 9.09. The number of rotatable bonds is 5. The zero-order chi connectivity index (χ0) is 21.0. The first-order valence-corrected chi connectivity index (χ1v) is 10.3. The Kier molecular flexibility index (Phi) is 4.32. The topological polar surface area (TPSA) is 88.2 Å². The molecule has 2 aromatic carbocycles. The molecule has 2 aromatic heterocycles. The van der Waals surface area contributed by atoms with E-state index in [0.29, 0.717) is 22.1 Å². The Morgan fingerprint density at radius 2 is 2.00 bits per heavy atom. The number of nitrogens with zero attached hydrogens (tertiary/aromatic N) is 3. The third kappa shape index (κ3) is 2.79. The Labute approximate surface area is 178 Å². The van der Waals surface area contributed by atoms with Gasteiger partial charge in [-0.2, -0.15) is 5.10 Å². The minimum atomic E-state index is -0.0389. The minimum absolute atomic E-state index is 0.0389. The number of phenolic OH excluding ortho intramolecular Hbond substituents is 2. The maximum absolute atomic E-state index is 10.6. The molecule has 154 valence electrons. The fourth-order valence-electron chi connectivity index (χ4n) is 4.10. The lowest BCUT2D eigenvalue weighted by Gasteiger charge is -2.14. The summed E-state index contributed by atoms with van der Waals surface area (Å²) >= 11 is 5.56. The number of nitrogens with one attached hydrogen (secondary N) is 1. The average molecular weight is 423 g/mol. The molecular formula is C22H22N4O3S. The van der Waals surface area contributed by atoms with E-state index in [4.69, 9.17) is 17.0 Å². The second-order valence-electron chi connectivity index (χ2n) is 7.54.